The lowest BCUT2D eigenvalue weighted by Crippen LogP contribution is -2.51. The predicted octanol–water partition coefficient (Wildman–Crippen LogP) is 6.23. The van der Waals surface area contributed by atoms with Gasteiger partial charge in [0.05, 0.1) is 17.3 Å². The Morgan fingerprint density at radius 2 is 1.70 bits per heavy atom. The Kier molecular flexibility index (Phi) is 8.36. The topological polar surface area (TPSA) is 59.0 Å². The first kappa shape index (κ1) is 27.7. The van der Waals surface area contributed by atoms with Crippen LogP contribution in [-0.4, -0.2) is 27.3 Å². The van der Waals surface area contributed by atoms with E-state index in [0.717, 1.165) is 17.7 Å². The van der Waals surface area contributed by atoms with Crippen molar-refractivity contribution in [3.05, 3.63) is 52.8 Å². The fraction of sp³-hybridized carbons (Fsp3) is 0.615. The van der Waals surface area contributed by atoms with Crippen molar-refractivity contribution in [2.75, 3.05) is 0 Å². The molecule has 3 rings (SSSR count). The fourth-order valence-electron chi connectivity index (χ4n) is 4.96. The second-order valence-corrected chi connectivity index (χ2v) is 12.5. The normalized spacial score (nSPS) is 21.5. The van der Waals surface area contributed by atoms with Crippen LogP contribution in [0.5, 0.6) is 0 Å². The zero-order valence-corrected chi connectivity index (χ0v) is 22.8. The van der Waals surface area contributed by atoms with Crippen LogP contribution in [-0.2, 0) is 10.3 Å². The Labute approximate surface area is 210 Å². The van der Waals surface area contributed by atoms with Crippen LogP contribution < -0.4 is 10.6 Å². The quantitative estimate of drug-likeness (QED) is 0.517. The second kappa shape index (κ2) is 9.97. The smallest absolute Gasteiger partial charge is 0.237 e. The summed E-state index contributed by atoms with van der Waals surface area (Å²) >= 11 is 6.13. The number of carbonyl (C=O) groups is 1. The number of rotatable bonds is 5. The highest BCUT2D eigenvalue weighted by molar-refractivity contribution is 6.30. The molecule has 0 bridgehead atoms. The maximum atomic E-state index is 13.3. The summed E-state index contributed by atoms with van der Waals surface area (Å²) in [5.41, 5.74) is 1.89. The van der Waals surface area contributed by atoms with Gasteiger partial charge in [-0.05, 0) is 76.6 Å². The summed E-state index contributed by atoms with van der Waals surface area (Å²) in [5, 5.41) is 12.5. The van der Waals surface area contributed by atoms with E-state index in [-0.39, 0.29) is 52.8 Å². The van der Waals surface area contributed by atoms with Gasteiger partial charge in [-0.2, -0.15) is 5.10 Å². The Morgan fingerprint density at radius 1 is 1.09 bits per heavy atom. The van der Waals surface area contributed by atoms with Crippen LogP contribution in [0.2, 0.25) is 5.02 Å². The molecular weight excluding hydrogens is 455 g/mol. The molecule has 1 amide bonds. The molecule has 0 aliphatic carbocycles. The minimum absolute atomic E-state index is 0. The molecule has 1 unspecified atom stereocenters. The van der Waals surface area contributed by atoms with Gasteiger partial charge in [-0.15, -0.1) is 12.4 Å². The first-order valence-electron chi connectivity index (χ1n) is 11.5. The molecule has 5 nitrogen and oxygen atoms in total. The van der Waals surface area contributed by atoms with Crippen LogP contribution >= 0.6 is 24.0 Å². The molecule has 33 heavy (non-hydrogen) atoms. The molecule has 0 radical (unpaired) electrons. The van der Waals surface area contributed by atoms with Gasteiger partial charge in [0.25, 0.3) is 0 Å². The van der Waals surface area contributed by atoms with Gasteiger partial charge in [-0.25, -0.2) is 0 Å². The molecule has 0 spiro atoms. The van der Waals surface area contributed by atoms with Crippen LogP contribution in [0.1, 0.15) is 91.4 Å². The molecule has 1 aliphatic heterocycles. The van der Waals surface area contributed by atoms with Crippen LogP contribution in [0, 0.1) is 5.41 Å². The number of hydrogen-bond acceptors (Lipinski definition) is 3. The van der Waals surface area contributed by atoms with Gasteiger partial charge in [-0.3, -0.25) is 14.8 Å². The van der Waals surface area contributed by atoms with E-state index < -0.39 is 0 Å². The summed E-state index contributed by atoms with van der Waals surface area (Å²) in [5.74, 6) is 0.150. The van der Waals surface area contributed by atoms with Crippen molar-refractivity contribution < 1.29 is 4.79 Å². The van der Waals surface area contributed by atoms with E-state index >= 15 is 0 Å². The van der Waals surface area contributed by atoms with E-state index in [1.807, 2.05) is 35.1 Å². The Bertz CT molecular complexity index is 938. The summed E-state index contributed by atoms with van der Waals surface area (Å²) in [6, 6.07) is 9.70. The van der Waals surface area contributed by atoms with E-state index in [1.54, 1.807) is 0 Å². The van der Waals surface area contributed by atoms with Crippen molar-refractivity contribution in [1.29, 1.82) is 0 Å². The van der Waals surface area contributed by atoms with Gasteiger partial charge >= 0.3 is 0 Å². The lowest BCUT2D eigenvalue weighted by molar-refractivity contribution is -0.124. The van der Waals surface area contributed by atoms with Gasteiger partial charge in [-0.1, -0.05) is 44.5 Å². The molecule has 1 aromatic heterocycles. The average Bonchev–Trinajstić information content (AvgIpc) is 3.26. The minimum atomic E-state index is -0.279. The highest BCUT2D eigenvalue weighted by Crippen LogP contribution is 2.40. The molecule has 7 heteroatoms. The number of benzene rings is 1. The fourth-order valence-corrected chi connectivity index (χ4v) is 5.09. The van der Waals surface area contributed by atoms with E-state index in [4.69, 9.17) is 16.7 Å². The standard InChI is InChI=1S/C26H39ClN4O.ClH/c1-24(2,3)16-26(7,8)29-23(32)21-15-19(20-13-14-31(30-20)25(4,5)6)22(28-21)17-9-11-18(27)12-10-17;/h9-14,19,21-22,28H,15-16H2,1-8H3,(H,29,32);1H/t19?,21-,22-;/m0./s1. The molecule has 1 saturated heterocycles. The Hall–Kier alpha value is -1.56. The summed E-state index contributed by atoms with van der Waals surface area (Å²) in [4.78, 5) is 13.3. The Morgan fingerprint density at radius 3 is 2.21 bits per heavy atom. The van der Waals surface area contributed by atoms with E-state index in [0.29, 0.717) is 11.4 Å². The average molecular weight is 496 g/mol. The lowest BCUT2D eigenvalue weighted by Gasteiger charge is -2.34. The number of carbonyl (C=O) groups excluding carboxylic acids is 1. The number of nitrogens with one attached hydrogen (secondary N) is 2. The molecule has 1 aliphatic rings. The summed E-state index contributed by atoms with van der Waals surface area (Å²) in [6.45, 7) is 17.2. The van der Waals surface area contributed by atoms with Gasteiger partial charge in [0, 0.05) is 28.7 Å². The third kappa shape index (κ3) is 7.21. The summed E-state index contributed by atoms with van der Waals surface area (Å²) < 4.78 is 2.00. The largest absolute Gasteiger partial charge is 0.350 e. The third-order valence-corrected chi connectivity index (χ3v) is 6.18. The Balaban J connectivity index is 0.00000385. The molecule has 3 atom stereocenters. The van der Waals surface area contributed by atoms with Crippen molar-refractivity contribution in [3.8, 4) is 0 Å². The minimum Gasteiger partial charge on any atom is -0.350 e. The maximum absolute atomic E-state index is 13.3. The zero-order valence-electron chi connectivity index (χ0n) is 21.2. The molecule has 1 fully saturated rings. The SMILES string of the molecule is CC(C)(C)CC(C)(C)NC(=O)[C@@H]1CC(c2ccn(C(C)(C)C)n2)[C@H](c2ccc(Cl)cc2)N1.Cl. The van der Waals surface area contributed by atoms with Crippen LogP contribution in [0.4, 0.5) is 0 Å². The van der Waals surface area contributed by atoms with Crippen molar-refractivity contribution in [2.24, 2.45) is 5.41 Å². The van der Waals surface area contributed by atoms with Gasteiger partial charge in [0.15, 0.2) is 0 Å². The highest BCUT2D eigenvalue weighted by Gasteiger charge is 2.41. The predicted molar refractivity (Wildman–Crippen MR) is 139 cm³/mol. The van der Waals surface area contributed by atoms with E-state index in [2.05, 4.69) is 72.1 Å². The van der Waals surface area contributed by atoms with Gasteiger partial charge < -0.3 is 5.32 Å². The van der Waals surface area contributed by atoms with Crippen LogP contribution in [0.3, 0.4) is 0 Å². The lowest BCUT2D eigenvalue weighted by atomic mass is 9.81. The van der Waals surface area contributed by atoms with Gasteiger partial charge in [0.1, 0.15) is 0 Å². The number of nitrogens with zero attached hydrogens (tertiary/aromatic N) is 2. The van der Waals surface area contributed by atoms with Crippen LogP contribution in [0.15, 0.2) is 36.5 Å². The van der Waals surface area contributed by atoms with Crippen molar-refractivity contribution in [2.45, 2.75) is 97.3 Å². The van der Waals surface area contributed by atoms with Crippen LogP contribution in [0.25, 0.3) is 0 Å². The van der Waals surface area contributed by atoms with E-state index in [1.165, 1.54) is 0 Å². The highest BCUT2D eigenvalue weighted by atomic mass is 35.5. The third-order valence-electron chi connectivity index (χ3n) is 5.93. The van der Waals surface area contributed by atoms with Crippen molar-refractivity contribution >= 4 is 29.9 Å². The summed E-state index contributed by atoms with van der Waals surface area (Å²) in [7, 11) is 0. The zero-order chi connectivity index (χ0) is 23.9. The monoisotopic (exact) mass is 494 g/mol. The molecule has 2 aromatic rings. The number of amides is 1. The molecular formula is C26H40Cl2N4O. The van der Waals surface area contributed by atoms with Crippen molar-refractivity contribution in [3.63, 3.8) is 0 Å². The maximum Gasteiger partial charge on any atom is 0.237 e. The molecule has 0 saturated carbocycles. The molecule has 1 aromatic carbocycles. The first-order valence-corrected chi connectivity index (χ1v) is 11.9. The molecule has 2 N–H and O–H groups in total. The number of halogens is 2. The molecule has 2 heterocycles. The van der Waals surface area contributed by atoms with Gasteiger partial charge in [0.2, 0.25) is 5.91 Å². The first-order chi connectivity index (χ1) is 14.6. The van der Waals surface area contributed by atoms with E-state index in [9.17, 15) is 4.79 Å². The van der Waals surface area contributed by atoms with Crippen molar-refractivity contribution in [1.82, 2.24) is 20.4 Å². The number of hydrogen-bond donors (Lipinski definition) is 2. The number of aromatic nitrogens is 2. The molecule has 184 valence electrons. The second-order valence-electron chi connectivity index (χ2n) is 12.1. The summed E-state index contributed by atoms with van der Waals surface area (Å²) in [6.07, 6.45) is 3.64.